The molecule has 1 saturated heterocycles. The Labute approximate surface area is 127 Å². The molecule has 1 N–H and O–H groups in total. The molecule has 1 fully saturated rings. The van der Waals surface area contributed by atoms with Crippen molar-refractivity contribution in [1.82, 2.24) is 15.1 Å². The molecule has 0 aromatic heterocycles. The zero-order valence-corrected chi connectivity index (χ0v) is 14.3. The van der Waals surface area contributed by atoms with Crippen molar-refractivity contribution >= 4 is 0 Å². The van der Waals surface area contributed by atoms with Crippen molar-refractivity contribution in [2.75, 3.05) is 45.8 Å². The summed E-state index contributed by atoms with van der Waals surface area (Å²) in [6.45, 7) is 17.9. The Kier molecular flexibility index (Phi) is 9.49. The molecule has 0 atom stereocenters. The van der Waals surface area contributed by atoms with Crippen molar-refractivity contribution in [3.05, 3.63) is 0 Å². The predicted octanol–water partition coefficient (Wildman–Crippen LogP) is 2.82. The molecular formula is C17H37N3. The number of nitrogens with one attached hydrogen (secondary N) is 1. The van der Waals surface area contributed by atoms with Gasteiger partial charge in [0.15, 0.2) is 0 Å². The minimum atomic E-state index is 0.718. The topological polar surface area (TPSA) is 18.5 Å². The molecule has 0 aromatic carbocycles. The molecule has 3 nitrogen and oxygen atoms in total. The van der Waals surface area contributed by atoms with E-state index in [4.69, 9.17) is 0 Å². The van der Waals surface area contributed by atoms with E-state index in [9.17, 15) is 0 Å². The molecule has 3 heteroatoms. The fraction of sp³-hybridized carbons (Fsp3) is 1.00. The van der Waals surface area contributed by atoms with E-state index in [1.54, 1.807) is 0 Å². The van der Waals surface area contributed by atoms with Crippen molar-refractivity contribution < 1.29 is 0 Å². The summed E-state index contributed by atoms with van der Waals surface area (Å²) in [5.74, 6) is 0.777. The molecule has 1 rings (SSSR count). The summed E-state index contributed by atoms with van der Waals surface area (Å²) in [5.41, 5.74) is 0. The van der Waals surface area contributed by atoms with Gasteiger partial charge in [-0.25, -0.2) is 0 Å². The van der Waals surface area contributed by atoms with Gasteiger partial charge in [-0.05, 0) is 52.2 Å². The lowest BCUT2D eigenvalue weighted by atomic mass is 10.1. The highest BCUT2D eigenvalue weighted by Gasteiger charge is 2.17. The van der Waals surface area contributed by atoms with Gasteiger partial charge in [0.05, 0.1) is 0 Å². The van der Waals surface area contributed by atoms with Crippen molar-refractivity contribution in [2.24, 2.45) is 5.92 Å². The van der Waals surface area contributed by atoms with Crippen LogP contribution in [0.15, 0.2) is 0 Å². The first-order chi connectivity index (χ1) is 9.59. The Balaban J connectivity index is 1.88. The lowest BCUT2D eigenvalue weighted by molar-refractivity contribution is 0.107. The van der Waals surface area contributed by atoms with Crippen molar-refractivity contribution in [3.8, 4) is 0 Å². The van der Waals surface area contributed by atoms with Crippen LogP contribution in [0.2, 0.25) is 0 Å². The van der Waals surface area contributed by atoms with Crippen LogP contribution in [-0.2, 0) is 0 Å². The largest absolute Gasteiger partial charge is 0.316 e. The third-order valence-corrected chi connectivity index (χ3v) is 4.27. The normalized spacial score (nSPS) is 18.3. The predicted molar refractivity (Wildman–Crippen MR) is 89.3 cm³/mol. The van der Waals surface area contributed by atoms with Crippen LogP contribution in [0.1, 0.15) is 53.4 Å². The average Bonchev–Trinajstić information content (AvgIpc) is 2.42. The molecule has 0 amide bonds. The Hall–Kier alpha value is -0.120. The maximum atomic E-state index is 3.52. The molecule has 20 heavy (non-hydrogen) atoms. The fourth-order valence-corrected chi connectivity index (χ4v) is 2.83. The molecule has 0 unspecified atom stereocenters. The lowest BCUT2D eigenvalue weighted by Crippen LogP contribution is -2.48. The SMILES string of the molecule is CC(C)CNCCCCCCN1CCN(C(C)C)CC1. The third kappa shape index (κ3) is 8.23. The summed E-state index contributed by atoms with van der Waals surface area (Å²) in [5, 5.41) is 3.52. The molecule has 0 saturated carbocycles. The van der Waals surface area contributed by atoms with E-state index in [-0.39, 0.29) is 0 Å². The maximum Gasteiger partial charge on any atom is 0.0113 e. The summed E-state index contributed by atoms with van der Waals surface area (Å²) >= 11 is 0. The monoisotopic (exact) mass is 283 g/mol. The van der Waals surface area contributed by atoms with E-state index in [0.29, 0.717) is 0 Å². The van der Waals surface area contributed by atoms with E-state index >= 15 is 0 Å². The summed E-state index contributed by atoms with van der Waals surface area (Å²) in [7, 11) is 0. The van der Waals surface area contributed by atoms with Gasteiger partial charge >= 0.3 is 0 Å². The molecule has 0 radical (unpaired) electrons. The number of rotatable bonds is 10. The second-order valence-electron chi connectivity index (χ2n) is 6.98. The minimum absolute atomic E-state index is 0.718. The average molecular weight is 284 g/mol. The molecule has 0 aromatic rings. The van der Waals surface area contributed by atoms with Crippen LogP contribution in [0.5, 0.6) is 0 Å². The van der Waals surface area contributed by atoms with Gasteiger partial charge < -0.3 is 10.2 Å². The van der Waals surface area contributed by atoms with Crippen molar-refractivity contribution in [3.63, 3.8) is 0 Å². The molecule has 1 aliphatic heterocycles. The molecule has 120 valence electrons. The molecule has 0 aliphatic carbocycles. The lowest BCUT2D eigenvalue weighted by Gasteiger charge is -2.36. The van der Waals surface area contributed by atoms with Crippen LogP contribution in [0, 0.1) is 5.92 Å². The summed E-state index contributed by atoms with van der Waals surface area (Å²) < 4.78 is 0. The van der Waals surface area contributed by atoms with Gasteiger partial charge in [-0.2, -0.15) is 0 Å². The van der Waals surface area contributed by atoms with Gasteiger partial charge in [0.2, 0.25) is 0 Å². The first kappa shape index (κ1) is 17.9. The third-order valence-electron chi connectivity index (χ3n) is 4.27. The highest BCUT2D eigenvalue weighted by Crippen LogP contribution is 2.08. The van der Waals surface area contributed by atoms with E-state index in [0.717, 1.165) is 12.0 Å². The standard InChI is InChI=1S/C17H37N3/c1-16(2)15-18-9-7-5-6-8-10-19-11-13-20(14-12-19)17(3)4/h16-18H,5-15H2,1-4H3. The van der Waals surface area contributed by atoms with Gasteiger partial charge in [0.25, 0.3) is 0 Å². The number of hydrogen-bond acceptors (Lipinski definition) is 3. The van der Waals surface area contributed by atoms with Gasteiger partial charge in [-0.15, -0.1) is 0 Å². The van der Waals surface area contributed by atoms with Crippen LogP contribution in [0.4, 0.5) is 0 Å². The van der Waals surface area contributed by atoms with E-state index in [2.05, 4.69) is 42.8 Å². The summed E-state index contributed by atoms with van der Waals surface area (Å²) in [4.78, 5) is 5.24. The number of unbranched alkanes of at least 4 members (excludes halogenated alkanes) is 3. The molecular weight excluding hydrogens is 246 g/mol. The Morgan fingerprint density at radius 2 is 1.50 bits per heavy atom. The van der Waals surface area contributed by atoms with E-state index < -0.39 is 0 Å². The molecule has 0 bridgehead atoms. The quantitative estimate of drug-likeness (QED) is 0.622. The number of nitrogens with zero attached hydrogens (tertiary/aromatic N) is 2. The maximum absolute atomic E-state index is 3.52. The number of hydrogen-bond donors (Lipinski definition) is 1. The Morgan fingerprint density at radius 1 is 0.850 bits per heavy atom. The van der Waals surface area contributed by atoms with Crippen LogP contribution >= 0.6 is 0 Å². The second-order valence-corrected chi connectivity index (χ2v) is 6.98. The number of piperazine rings is 1. The molecule has 0 spiro atoms. The van der Waals surface area contributed by atoms with Crippen molar-refractivity contribution in [2.45, 2.75) is 59.4 Å². The van der Waals surface area contributed by atoms with E-state index in [1.807, 2.05) is 0 Å². The van der Waals surface area contributed by atoms with E-state index in [1.165, 1.54) is 71.5 Å². The van der Waals surface area contributed by atoms with Crippen molar-refractivity contribution in [1.29, 1.82) is 0 Å². The van der Waals surface area contributed by atoms with Gasteiger partial charge in [-0.3, -0.25) is 4.90 Å². The zero-order chi connectivity index (χ0) is 14.8. The Morgan fingerprint density at radius 3 is 2.10 bits per heavy atom. The fourth-order valence-electron chi connectivity index (χ4n) is 2.83. The van der Waals surface area contributed by atoms with Gasteiger partial charge in [-0.1, -0.05) is 26.7 Å². The summed E-state index contributed by atoms with van der Waals surface area (Å²) in [6, 6.07) is 0.718. The smallest absolute Gasteiger partial charge is 0.0113 e. The van der Waals surface area contributed by atoms with Crippen LogP contribution in [0.3, 0.4) is 0 Å². The van der Waals surface area contributed by atoms with Crippen LogP contribution < -0.4 is 5.32 Å². The summed E-state index contributed by atoms with van der Waals surface area (Å²) in [6.07, 6.45) is 5.50. The minimum Gasteiger partial charge on any atom is -0.316 e. The second kappa shape index (κ2) is 10.6. The Bertz CT molecular complexity index is 220. The highest BCUT2D eigenvalue weighted by molar-refractivity contribution is 4.74. The molecule has 1 heterocycles. The van der Waals surface area contributed by atoms with Crippen LogP contribution in [-0.4, -0.2) is 61.7 Å². The van der Waals surface area contributed by atoms with Gasteiger partial charge in [0, 0.05) is 32.2 Å². The molecule has 1 aliphatic rings. The van der Waals surface area contributed by atoms with Crippen LogP contribution in [0.25, 0.3) is 0 Å². The first-order valence-corrected chi connectivity index (χ1v) is 8.76. The zero-order valence-electron chi connectivity index (χ0n) is 14.3. The first-order valence-electron chi connectivity index (χ1n) is 8.76. The highest BCUT2D eigenvalue weighted by atomic mass is 15.3. The van der Waals surface area contributed by atoms with Gasteiger partial charge in [0.1, 0.15) is 0 Å².